The molecule has 1 aromatic carbocycles. The fourth-order valence-corrected chi connectivity index (χ4v) is 2.42. The fourth-order valence-electron chi connectivity index (χ4n) is 2.42. The van der Waals surface area contributed by atoms with Crippen molar-refractivity contribution in [1.29, 1.82) is 0 Å². The smallest absolute Gasteiger partial charge is 0.352 e. The van der Waals surface area contributed by atoms with Crippen LogP contribution in [0, 0.1) is 5.82 Å². The number of carbonyl (C=O) groups excluding carboxylic acids is 2. The minimum absolute atomic E-state index is 0.0472. The lowest BCUT2D eigenvalue weighted by atomic mass is 9.75. The first-order valence-electron chi connectivity index (χ1n) is 7.64. The number of amides is 2. The van der Waals surface area contributed by atoms with Crippen LogP contribution in [0.5, 0.6) is 0 Å². The largest absolute Gasteiger partial charge is 0.383 e. The predicted molar refractivity (Wildman–Crippen MR) is 79.9 cm³/mol. The van der Waals surface area contributed by atoms with Crippen LogP contribution in [0.3, 0.4) is 0 Å². The molecule has 0 aromatic heterocycles. The molecule has 0 bridgehead atoms. The van der Waals surface area contributed by atoms with Gasteiger partial charge in [-0.1, -0.05) is 12.1 Å². The van der Waals surface area contributed by atoms with Crippen LogP contribution in [0.4, 0.5) is 13.2 Å². The summed E-state index contributed by atoms with van der Waals surface area (Å²) in [6.45, 7) is -0.242. The molecule has 8 heteroatoms. The number of nitrogens with one attached hydrogen (secondary N) is 2. The molecule has 0 saturated heterocycles. The molecule has 0 atom stereocenters. The molecule has 1 aliphatic carbocycles. The monoisotopic (exact) mass is 344 g/mol. The van der Waals surface area contributed by atoms with Gasteiger partial charge in [-0.2, -0.15) is 8.78 Å². The van der Waals surface area contributed by atoms with Gasteiger partial charge in [0.05, 0.1) is 6.42 Å². The standard InChI is InChI=1S/C16H19F3N2O3/c17-12-4-1-3-11(9-12)10-13(22)20-7-8-21-14(23)16(18,19)15(24)5-2-6-15/h1,3-4,9,24H,2,5-8,10H2,(H,20,22)(H,21,23). The third kappa shape index (κ3) is 4.05. The molecule has 0 unspecified atom stereocenters. The summed E-state index contributed by atoms with van der Waals surface area (Å²) < 4.78 is 40.5. The molecule has 3 N–H and O–H groups in total. The normalized spacial score (nSPS) is 16.2. The SMILES string of the molecule is O=C(Cc1cccc(F)c1)NCCNC(=O)C(F)(F)C1(O)CCC1. The summed E-state index contributed by atoms with van der Waals surface area (Å²) in [5.41, 5.74) is -1.78. The highest BCUT2D eigenvalue weighted by Crippen LogP contribution is 2.44. The average molecular weight is 344 g/mol. The van der Waals surface area contributed by atoms with Crippen molar-refractivity contribution in [2.75, 3.05) is 13.1 Å². The van der Waals surface area contributed by atoms with Crippen LogP contribution in [0.15, 0.2) is 24.3 Å². The van der Waals surface area contributed by atoms with Gasteiger partial charge in [0.2, 0.25) is 5.91 Å². The van der Waals surface area contributed by atoms with Gasteiger partial charge in [-0.25, -0.2) is 4.39 Å². The van der Waals surface area contributed by atoms with E-state index in [-0.39, 0.29) is 32.4 Å². The molecule has 0 spiro atoms. The van der Waals surface area contributed by atoms with Crippen LogP contribution in [-0.4, -0.2) is 41.5 Å². The highest BCUT2D eigenvalue weighted by Gasteiger charge is 2.60. The highest BCUT2D eigenvalue weighted by molar-refractivity contribution is 5.85. The van der Waals surface area contributed by atoms with Crippen molar-refractivity contribution < 1.29 is 27.9 Å². The number of rotatable bonds is 7. The van der Waals surface area contributed by atoms with Gasteiger partial charge in [0.1, 0.15) is 11.4 Å². The molecule has 24 heavy (non-hydrogen) atoms. The van der Waals surface area contributed by atoms with Crippen molar-refractivity contribution in [2.24, 2.45) is 0 Å². The van der Waals surface area contributed by atoms with Crippen LogP contribution in [0.25, 0.3) is 0 Å². The summed E-state index contributed by atoms with van der Waals surface area (Å²) in [5, 5.41) is 14.1. The summed E-state index contributed by atoms with van der Waals surface area (Å²) >= 11 is 0. The van der Waals surface area contributed by atoms with Crippen LogP contribution in [0.2, 0.25) is 0 Å². The summed E-state index contributed by atoms with van der Waals surface area (Å²) in [6.07, 6.45) is 0.173. The minimum atomic E-state index is -3.85. The molecule has 1 aliphatic rings. The third-order valence-corrected chi connectivity index (χ3v) is 4.04. The molecule has 0 heterocycles. The zero-order valence-electron chi connectivity index (χ0n) is 12.9. The summed E-state index contributed by atoms with van der Waals surface area (Å²) in [4.78, 5) is 23.1. The van der Waals surface area contributed by atoms with E-state index in [4.69, 9.17) is 0 Å². The van der Waals surface area contributed by atoms with Crippen molar-refractivity contribution in [2.45, 2.75) is 37.2 Å². The Labute approximate surface area is 137 Å². The van der Waals surface area contributed by atoms with E-state index in [0.717, 1.165) is 0 Å². The van der Waals surface area contributed by atoms with Gasteiger partial charge in [-0.15, -0.1) is 0 Å². The molecule has 2 amide bonds. The van der Waals surface area contributed by atoms with Crippen LogP contribution in [0.1, 0.15) is 24.8 Å². The van der Waals surface area contributed by atoms with E-state index in [2.05, 4.69) is 5.32 Å². The van der Waals surface area contributed by atoms with Gasteiger partial charge in [0.15, 0.2) is 0 Å². The molecule has 5 nitrogen and oxygen atoms in total. The van der Waals surface area contributed by atoms with E-state index in [1.165, 1.54) is 18.2 Å². The quantitative estimate of drug-likeness (QED) is 0.650. The van der Waals surface area contributed by atoms with E-state index in [0.29, 0.717) is 12.0 Å². The molecule has 132 valence electrons. The molecule has 0 aliphatic heterocycles. The first kappa shape index (κ1) is 18.3. The maximum Gasteiger partial charge on any atom is 0.352 e. The van der Waals surface area contributed by atoms with Crippen LogP contribution in [-0.2, 0) is 16.0 Å². The van der Waals surface area contributed by atoms with Gasteiger partial charge in [0.25, 0.3) is 5.91 Å². The lowest BCUT2D eigenvalue weighted by Crippen LogP contribution is -2.61. The van der Waals surface area contributed by atoms with E-state index in [1.54, 1.807) is 6.07 Å². The van der Waals surface area contributed by atoms with Crippen molar-refractivity contribution in [1.82, 2.24) is 10.6 Å². The Morgan fingerprint density at radius 3 is 2.46 bits per heavy atom. The fraction of sp³-hybridized carbons (Fsp3) is 0.500. The summed E-state index contributed by atoms with van der Waals surface area (Å²) in [7, 11) is 0. The van der Waals surface area contributed by atoms with Gasteiger partial charge in [-0.3, -0.25) is 9.59 Å². The Hall–Kier alpha value is -2.09. The van der Waals surface area contributed by atoms with Gasteiger partial charge in [-0.05, 0) is 37.0 Å². The first-order chi connectivity index (χ1) is 11.2. The van der Waals surface area contributed by atoms with Crippen molar-refractivity contribution in [3.8, 4) is 0 Å². The van der Waals surface area contributed by atoms with E-state index in [1.807, 2.05) is 5.32 Å². The number of hydrogen-bond acceptors (Lipinski definition) is 3. The summed E-state index contributed by atoms with van der Waals surface area (Å²) in [6, 6.07) is 5.55. The topological polar surface area (TPSA) is 78.4 Å². The maximum absolute atomic E-state index is 13.8. The number of alkyl halides is 2. The Balaban J connectivity index is 1.70. The molecule has 2 rings (SSSR count). The molecular weight excluding hydrogens is 325 g/mol. The average Bonchev–Trinajstić information content (AvgIpc) is 2.48. The van der Waals surface area contributed by atoms with Gasteiger partial charge >= 0.3 is 5.92 Å². The van der Waals surface area contributed by atoms with Crippen molar-refractivity contribution in [3.63, 3.8) is 0 Å². The van der Waals surface area contributed by atoms with Crippen molar-refractivity contribution >= 4 is 11.8 Å². The number of hydrogen-bond donors (Lipinski definition) is 3. The van der Waals surface area contributed by atoms with Crippen LogP contribution >= 0.6 is 0 Å². The first-order valence-corrected chi connectivity index (χ1v) is 7.64. The number of carbonyl (C=O) groups is 2. The second kappa shape index (κ2) is 7.21. The van der Waals surface area contributed by atoms with Crippen LogP contribution < -0.4 is 10.6 Å². The van der Waals surface area contributed by atoms with Crippen molar-refractivity contribution in [3.05, 3.63) is 35.6 Å². The molecule has 0 radical (unpaired) electrons. The number of aliphatic hydroxyl groups is 1. The molecule has 1 aromatic rings. The zero-order chi connectivity index (χ0) is 17.8. The van der Waals surface area contributed by atoms with Gasteiger partial charge < -0.3 is 15.7 Å². The number of halogens is 3. The lowest BCUT2D eigenvalue weighted by molar-refractivity contribution is -0.215. The third-order valence-electron chi connectivity index (χ3n) is 4.04. The van der Waals surface area contributed by atoms with E-state index < -0.39 is 29.2 Å². The minimum Gasteiger partial charge on any atom is -0.383 e. The second-order valence-electron chi connectivity index (χ2n) is 5.87. The molecule has 1 saturated carbocycles. The van der Waals surface area contributed by atoms with Gasteiger partial charge in [0, 0.05) is 13.1 Å². The number of benzene rings is 1. The second-order valence-corrected chi connectivity index (χ2v) is 5.87. The molecular formula is C16H19F3N2O3. The Bertz CT molecular complexity index is 618. The molecule has 1 fully saturated rings. The Morgan fingerprint density at radius 2 is 1.88 bits per heavy atom. The lowest BCUT2D eigenvalue weighted by Gasteiger charge is -2.41. The Morgan fingerprint density at radius 1 is 1.21 bits per heavy atom. The predicted octanol–water partition coefficient (Wildman–Crippen LogP) is 1.15. The van der Waals surface area contributed by atoms with E-state index in [9.17, 15) is 27.9 Å². The van der Waals surface area contributed by atoms with E-state index >= 15 is 0 Å². The zero-order valence-corrected chi connectivity index (χ0v) is 12.9. The summed E-state index contributed by atoms with van der Waals surface area (Å²) in [5.74, 6) is -6.27. The highest BCUT2D eigenvalue weighted by atomic mass is 19.3. The maximum atomic E-state index is 13.8. The Kier molecular flexibility index (Phi) is 5.48.